The second-order valence-electron chi connectivity index (χ2n) is 9.09. The van der Waals surface area contributed by atoms with Crippen LogP contribution in [0.3, 0.4) is 0 Å². The fraction of sp³-hybridized carbons (Fsp3) is 0.464. The van der Waals surface area contributed by atoms with E-state index in [0.717, 1.165) is 61.3 Å². The van der Waals surface area contributed by atoms with Crippen molar-refractivity contribution in [3.63, 3.8) is 0 Å². The van der Waals surface area contributed by atoms with Crippen LogP contribution in [0.1, 0.15) is 63.9 Å². The van der Waals surface area contributed by atoms with Crippen LogP contribution in [0.4, 0.5) is 17.1 Å². The Balaban J connectivity index is 1.50. The molecule has 0 saturated heterocycles. The number of benzene rings is 2. The molecule has 2 aromatic rings. The Kier molecular flexibility index (Phi) is 9.74. The van der Waals surface area contributed by atoms with Crippen molar-refractivity contribution in [1.82, 2.24) is 0 Å². The van der Waals surface area contributed by atoms with Crippen LogP contribution < -0.4 is 26.0 Å². The molecule has 2 aromatic carbocycles. The van der Waals surface area contributed by atoms with E-state index in [1.54, 1.807) is 0 Å². The lowest BCUT2D eigenvalue weighted by Crippen LogP contribution is -2.34. The summed E-state index contributed by atoms with van der Waals surface area (Å²) in [4.78, 5) is 15.6. The molecule has 0 saturated carbocycles. The van der Waals surface area contributed by atoms with Crippen LogP contribution in [0.5, 0.6) is 0 Å². The summed E-state index contributed by atoms with van der Waals surface area (Å²) in [5, 5.41) is 9.15. The molecule has 0 atom stereocenters. The number of fused-ring (bicyclic) bond motifs is 1. The third-order valence-corrected chi connectivity index (χ3v) is 6.61. The highest BCUT2D eigenvalue weighted by atomic mass is 32.1. The van der Waals surface area contributed by atoms with Gasteiger partial charge in [0.15, 0.2) is 0 Å². The molecule has 178 valence electrons. The highest BCUT2D eigenvalue weighted by Gasteiger charge is 2.10. The number of thiol groups is 1. The van der Waals surface area contributed by atoms with Crippen molar-refractivity contribution in [3.8, 4) is 0 Å². The Hall–Kier alpha value is -2.40. The molecule has 4 nitrogen and oxygen atoms in total. The van der Waals surface area contributed by atoms with E-state index in [0.29, 0.717) is 6.42 Å². The number of hydrogen-bond donors (Lipinski definition) is 3. The first-order valence-corrected chi connectivity index (χ1v) is 12.8. The molecular formula is C28H39N3OS. The van der Waals surface area contributed by atoms with E-state index in [1.165, 1.54) is 34.5 Å². The molecule has 0 radical (unpaired) electrons. The minimum absolute atomic E-state index is 0.0843. The van der Waals surface area contributed by atoms with Crippen LogP contribution in [0.15, 0.2) is 36.4 Å². The average Bonchev–Trinajstić information content (AvgIpc) is 3.00. The van der Waals surface area contributed by atoms with Gasteiger partial charge in [0, 0.05) is 54.6 Å². The van der Waals surface area contributed by atoms with Crippen LogP contribution in [0.25, 0.3) is 11.0 Å². The number of nitrogens with zero attached hydrogens (tertiary/aromatic N) is 1. The van der Waals surface area contributed by atoms with Crippen molar-refractivity contribution < 1.29 is 4.79 Å². The topological polar surface area (TPSA) is 44.4 Å². The van der Waals surface area contributed by atoms with Crippen LogP contribution in [0.2, 0.25) is 0 Å². The summed E-state index contributed by atoms with van der Waals surface area (Å²) >= 11 is 4.84. The van der Waals surface area contributed by atoms with E-state index in [9.17, 15) is 4.79 Å². The molecule has 0 heterocycles. The Morgan fingerprint density at radius 1 is 1.06 bits per heavy atom. The van der Waals surface area contributed by atoms with Crippen LogP contribution in [0, 0.1) is 0 Å². The van der Waals surface area contributed by atoms with Crippen molar-refractivity contribution in [1.29, 1.82) is 0 Å². The maximum absolute atomic E-state index is 12.3. The van der Waals surface area contributed by atoms with Crippen molar-refractivity contribution in [3.05, 3.63) is 52.4 Å². The van der Waals surface area contributed by atoms with Gasteiger partial charge in [0.1, 0.15) is 0 Å². The Morgan fingerprint density at radius 2 is 1.85 bits per heavy atom. The molecule has 0 aliphatic heterocycles. The molecule has 0 bridgehead atoms. The molecule has 3 rings (SSSR count). The number of anilines is 3. The number of aryl methyl sites for hydroxylation is 1. The summed E-state index contributed by atoms with van der Waals surface area (Å²) in [6.45, 7) is 3.04. The first-order chi connectivity index (χ1) is 16.0. The maximum atomic E-state index is 12.3. The third-order valence-electron chi connectivity index (χ3n) is 6.16. The lowest BCUT2D eigenvalue weighted by Gasteiger charge is -2.17. The van der Waals surface area contributed by atoms with Crippen molar-refractivity contribution >= 4 is 46.6 Å². The quantitative estimate of drug-likeness (QED) is 0.311. The normalized spacial score (nSPS) is 13.0. The predicted molar refractivity (Wildman–Crippen MR) is 147 cm³/mol. The fourth-order valence-corrected chi connectivity index (χ4v) is 4.70. The zero-order chi connectivity index (χ0) is 23.6. The molecule has 0 aromatic heterocycles. The standard InChI is InChI=1S/C28H39N3OS/c1-4-5-10-21-14-16-22(17-15-21)30-27(32)13-8-9-20-29-24-18-19-25(31(2)3)23-11-6-7-12-26(33)28(23)24/h11,14-19,29,33H,4-10,12-13,20H2,1-3H3,(H,30,32). The Bertz CT molecular complexity index is 1040. The Morgan fingerprint density at radius 3 is 2.58 bits per heavy atom. The Labute approximate surface area is 204 Å². The van der Waals surface area contributed by atoms with E-state index in [4.69, 9.17) is 12.6 Å². The van der Waals surface area contributed by atoms with Crippen LogP contribution in [-0.4, -0.2) is 26.5 Å². The van der Waals surface area contributed by atoms with Gasteiger partial charge < -0.3 is 15.5 Å². The van der Waals surface area contributed by atoms with Gasteiger partial charge in [-0.05, 0) is 79.7 Å². The largest absolute Gasteiger partial charge is 0.385 e. The first kappa shape index (κ1) is 25.2. The summed E-state index contributed by atoms with van der Waals surface area (Å²) in [6.07, 6.45) is 11.4. The maximum Gasteiger partial charge on any atom is 0.224 e. The second-order valence-corrected chi connectivity index (χ2v) is 9.63. The molecule has 0 fully saturated rings. The van der Waals surface area contributed by atoms with E-state index in [-0.39, 0.29) is 5.91 Å². The molecule has 33 heavy (non-hydrogen) atoms. The minimum Gasteiger partial charge on any atom is -0.385 e. The fourth-order valence-electron chi connectivity index (χ4n) is 4.30. The molecule has 2 N–H and O–H groups in total. The zero-order valence-electron chi connectivity index (χ0n) is 20.4. The lowest BCUT2D eigenvalue weighted by molar-refractivity contribution is -0.116. The number of unbranched alkanes of at least 4 members (excludes halogenated alkanes) is 2. The number of nitrogens with one attached hydrogen (secondary N) is 2. The zero-order valence-corrected chi connectivity index (χ0v) is 21.3. The van der Waals surface area contributed by atoms with E-state index < -0.39 is 0 Å². The summed E-state index contributed by atoms with van der Waals surface area (Å²) in [5.41, 5.74) is 4.59. The molecule has 1 amide bonds. The number of carbonyl (C=O) groups is 1. The van der Waals surface area contributed by atoms with Crippen LogP contribution in [-0.2, 0) is 11.2 Å². The van der Waals surface area contributed by atoms with Gasteiger partial charge in [-0.15, -0.1) is 12.6 Å². The first-order valence-electron chi connectivity index (χ1n) is 12.3. The highest BCUT2D eigenvalue weighted by molar-refractivity contribution is 7.90. The molecule has 5 heteroatoms. The van der Waals surface area contributed by atoms with Crippen molar-refractivity contribution in [2.24, 2.45) is 0 Å². The lowest BCUT2D eigenvalue weighted by atomic mass is 10.1. The van der Waals surface area contributed by atoms with Crippen molar-refractivity contribution in [2.45, 2.75) is 64.7 Å². The smallest absolute Gasteiger partial charge is 0.224 e. The third kappa shape index (κ3) is 7.29. The van der Waals surface area contributed by atoms with Gasteiger partial charge in [-0.25, -0.2) is 0 Å². The summed E-state index contributed by atoms with van der Waals surface area (Å²) in [7, 11) is 4.18. The van der Waals surface area contributed by atoms with Crippen molar-refractivity contribution in [2.75, 3.05) is 36.2 Å². The predicted octanol–water partition coefficient (Wildman–Crippen LogP) is 5.32. The highest BCUT2D eigenvalue weighted by Crippen LogP contribution is 2.18. The number of amides is 1. The SMILES string of the molecule is CCCCc1ccc(NC(=O)CCCCNc2ccc(N(C)C)c3c2=C(S)CCCC=3)cc1. The van der Waals surface area contributed by atoms with Gasteiger partial charge in [-0.3, -0.25) is 4.79 Å². The average molecular weight is 466 g/mol. The van der Waals surface area contributed by atoms with Gasteiger partial charge in [0.05, 0.1) is 0 Å². The van der Waals surface area contributed by atoms with Gasteiger partial charge in [-0.1, -0.05) is 31.6 Å². The molecule has 1 aliphatic rings. The summed E-state index contributed by atoms with van der Waals surface area (Å²) in [6, 6.07) is 12.6. The van der Waals surface area contributed by atoms with E-state index in [1.807, 2.05) is 12.1 Å². The molecule has 0 unspecified atom stereocenters. The monoisotopic (exact) mass is 465 g/mol. The van der Waals surface area contributed by atoms with Gasteiger partial charge in [-0.2, -0.15) is 0 Å². The van der Waals surface area contributed by atoms with Gasteiger partial charge >= 0.3 is 0 Å². The second kappa shape index (κ2) is 12.7. The molecule has 1 aliphatic carbocycles. The number of rotatable bonds is 11. The number of hydrogen-bond acceptors (Lipinski definition) is 4. The van der Waals surface area contributed by atoms with Gasteiger partial charge in [0.2, 0.25) is 5.91 Å². The molecule has 0 spiro atoms. The summed E-state index contributed by atoms with van der Waals surface area (Å²) < 4.78 is 0. The number of carbonyl (C=O) groups excluding carboxylic acids is 1. The molecular weight excluding hydrogens is 426 g/mol. The van der Waals surface area contributed by atoms with E-state index in [2.05, 4.69) is 66.9 Å². The van der Waals surface area contributed by atoms with Gasteiger partial charge in [0.25, 0.3) is 0 Å². The summed E-state index contributed by atoms with van der Waals surface area (Å²) in [5.74, 6) is 0.0843. The van der Waals surface area contributed by atoms with Crippen LogP contribution >= 0.6 is 12.6 Å². The van der Waals surface area contributed by atoms with E-state index >= 15 is 0 Å². The minimum atomic E-state index is 0.0843.